The Bertz CT molecular complexity index is 478. The van der Waals surface area contributed by atoms with E-state index in [4.69, 9.17) is 4.74 Å². The van der Waals surface area contributed by atoms with E-state index in [1.165, 1.54) is 0 Å². The fourth-order valence-electron chi connectivity index (χ4n) is 1.40. The van der Waals surface area contributed by atoms with Gasteiger partial charge in [0.25, 0.3) is 0 Å². The van der Waals surface area contributed by atoms with Gasteiger partial charge in [0.2, 0.25) is 0 Å². The van der Waals surface area contributed by atoms with Gasteiger partial charge in [-0.05, 0) is 25.1 Å². The van der Waals surface area contributed by atoms with Crippen molar-refractivity contribution in [3.8, 4) is 11.3 Å². The molecule has 0 spiro atoms. The summed E-state index contributed by atoms with van der Waals surface area (Å²) in [5, 5.41) is 0. The maximum atomic E-state index is 11.5. The highest BCUT2D eigenvalue weighted by atomic mass is 16.5. The summed E-state index contributed by atoms with van der Waals surface area (Å²) in [6.45, 7) is 2.13. The number of rotatable bonds is 3. The Morgan fingerprint density at radius 3 is 3.00 bits per heavy atom. The molecule has 2 heterocycles. The van der Waals surface area contributed by atoms with E-state index < -0.39 is 0 Å². The van der Waals surface area contributed by atoms with Crippen molar-refractivity contribution < 1.29 is 9.53 Å². The molecule has 0 aromatic carbocycles. The average molecular weight is 216 g/mol. The van der Waals surface area contributed by atoms with Crippen LogP contribution in [0.4, 0.5) is 0 Å². The Hall–Kier alpha value is -2.10. The van der Waals surface area contributed by atoms with E-state index in [9.17, 15) is 4.79 Å². The number of carbonyl (C=O) groups is 1. The van der Waals surface area contributed by atoms with Gasteiger partial charge < -0.3 is 9.72 Å². The van der Waals surface area contributed by atoms with Crippen LogP contribution in [0, 0.1) is 0 Å². The van der Waals surface area contributed by atoms with E-state index in [1.54, 1.807) is 19.1 Å². The summed E-state index contributed by atoms with van der Waals surface area (Å²) >= 11 is 0. The average Bonchev–Trinajstić information content (AvgIpc) is 2.83. The van der Waals surface area contributed by atoms with E-state index in [0.29, 0.717) is 12.3 Å². The lowest BCUT2D eigenvalue weighted by atomic mass is 10.2. The Kier molecular flexibility index (Phi) is 3.00. The summed E-state index contributed by atoms with van der Waals surface area (Å²) in [6.07, 6.45) is 3.64. The fourth-order valence-corrected chi connectivity index (χ4v) is 1.40. The Labute approximate surface area is 93.3 Å². The van der Waals surface area contributed by atoms with Crippen LogP contribution in [-0.4, -0.2) is 22.5 Å². The summed E-state index contributed by atoms with van der Waals surface area (Å²) in [7, 11) is 0. The number of H-pyrrole nitrogens is 1. The number of nitrogens with zero attached hydrogens (tertiary/aromatic N) is 1. The first kappa shape index (κ1) is 10.4. The molecule has 4 heteroatoms. The molecule has 0 aliphatic rings. The highest BCUT2D eigenvalue weighted by Crippen LogP contribution is 2.16. The van der Waals surface area contributed by atoms with Crippen LogP contribution in [0.1, 0.15) is 17.4 Å². The molecule has 0 unspecified atom stereocenters. The zero-order chi connectivity index (χ0) is 11.4. The zero-order valence-corrected chi connectivity index (χ0v) is 8.93. The van der Waals surface area contributed by atoms with Gasteiger partial charge in [0, 0.05) is 18.0 Å². The van der Waals surface area contributed by atoms with E-state index >= 15 is 0 Å². The van der Waals surface area contributed by atoms with Crippen molar-refractivity contribution in [2.75, 3.05) is 6.61 Å². The lowest BCUT2D eigenvalue weighted by Gasteiger charge is -2.02. The first-order chi connectivity index (χ1) is 7.81. The van der Waals surface area contributed by atoms with Crippen molar-refractivity contribution in [3.63, 3.8) is 0 Å². The van der Waals surface area contributed by atoms with Gasteiger partial charge in [-0.1, -0.05) is 6.07 Å². The molecule has 0 radical (unpaired) electrons. The Morgan fingerprint density at radius 1 is 1.44 bits per heavy atom. The first-order valence-electron chi connectivity index (χ1n) is 5.08. The van der Waals surface area contributed by atoms with E-state index in [2.05, 4.69) is 9.97 Å². The van der Waals surface area contributed by atoms with Crippen LogP contribution in [0.5, 0.6) is 0 Å². The van der Waals surface area contributed by atoms with Crippen molar-refractivity contribution in [2.45, 2.75) is 6.92 Å². The van der Waals surface area contributed by atoms with Gasteiger partial charge in [-0.15, -0.1) is 0 Å². The highest BCUT2D eigenvalue weighted by Gasteiger charge is 2.09. The summed E-state index contributed by atoms with van der Waals surface area (Å²) < 4.78 is 4.89. The Morgan fingerprint density at radius 2 is 2.31 bits per heavy atom. The quantitative estimate of drug-likeness (QED) is 0.800. The second-order valence-corrected chi connectivity index (χ2v) is 3.23. The van der Waals surface area contributed by atoms with Crippen LogP contribution >= 0.6 is 0 Å². The largest absolute Gasteiger partial charge is 0.461 e. The van der Waals surface area contributed by atoms with Gasteiger partial charge in [-0.3, -0.25) is 0 Å². The molecule has 0 amide bonds. The van der Waals surface area contributed by atoms with E-state index in [-0.39, 0.29) is 5.97 Å². The highest BCUT2D eigenvalue weighted by molar-refractivity contribution is 5.87. The molecule has 0 saturated carbocycles. The van der Waals surface area contributed by atoms with Gasteiger partial charge in [0.05, 0.1) is 12.3 Å². The van der Waals surface area contributed by atoms with Gasteiger partial charge >= 0.3 is 5.97 Å². The summed E-state index contributed by atoms with van der Waals surface area (Å²) in [6, 6.07) is 7.19. The second kappa shape index (κ2) is 4.61. The standard InChI is InChI=1S/C12H12N2O2/c1-2-16-12(15)11-5-3-4-10(14-11)9-6-7-13-8-9/h3-8,13H,2H2,1H3. The second-order valence-electron chi connectivity index (χ2n) is 3.23. The minimum Gasteiger partial charge on any atom is -0.461 e. The van der Waals surface area contributed by atoms with Crippen molar-refractivity contribution in [2.24, 2.45) is 0 Å². The molecule has 0 aliphatic heterocycles. The molecule has 82 valence electrons. The number of hydrogen-bond donors (Lipinski definition) is 1. The van der Waals surface area contributed by atoms with Crippen LogP contribution in [0.2, 0.25) is 0 Å². The van der Waals surface area contributed by atoms with Gasteiger partial charge in [0.15, 0.2) is 0 Å². The molecule has 2 aromatic rings. The number of aromatic nitrogens is 2. The predicted molar refractivity (Wildman–Crippen MR) is 60.0 cm³/mol. The van der Waals surface area contributed by atoms with Crippen molar-refractivity contribution >= 4 is 5.97 Å². The van der Waals surface area contributed by atoms with Crippen molar-refractivity contribution in [3.05, 3.63) is 42.4 Å². The maximum absolute atomic E-state index is 11.5. The number of nitrogens with one attached hydrogen (secondary N) is 1. The number of esters is 1. The number of carbonyl (C=O) groups excluding carboxylic acids is 1. The van der Waals surface area contributed by atoms with Gasteiger partial charge in [-0.25, -0.2) is 9.78 Å². The Balaban J connectivity index is 2.30. The third-order valence-electron chi connectivity index (χ3n) is 2.13. The molecule has 4 nitrogen and oxygen atoms in total. The maximum Gasteiger partial charge on any atom is 0.356 e. The van der Waals surface area contributed by atoms with Crippen molar-refractivity contribution in [1.82, 2.24) is 9.97 Å². The third-order valence-corrected chi connectivity index (χ3v) is 2.13. The smallest absolute Gasteiger partial charge is 0.356 e. The van der Waals surface area contributed by atoms with Crippen LogP contribution in [-0.2, 0) is 4.74 Å². The normalized spacial score (nSPS) is 10.1. The zero-order valence-electron chi connectivity index (χ0n) is 8.93. The molecule has 0 aliphatic carbocycles. The predicted octanol–water partition coefficient (Wildman–Crippen LogP) is 2.25. The molecular weight excluding hydrogens is 204 g/mol. The molecule has 0 bridgehead atoms. The molecule has 2 aromatic heterocycles. The summed E-state index contributed by atoms with van der Waals surface area (Å²) in [5.41, 5.74) is 2.04. The minimum atomic E-state index is -0.389. The monoisotopic (exact) mass is 216 g/mol. The number of ether oxygens (including phenoxy) is 1. The molecule has 2 rings (SSSR count). The lowest BCUT2D eigenvalue weighted by molar-refractivity contribution is 0.0519. The van der Waals surface area contributed by atoms with Crippen LogP contribution in [0.15, 0.2) is 36.7 Å². The SMILES string of the molecule is CCOC(=O)c1cccc(-c2cc[nH]c2)n1. The van der Waals surface area contributed by atoms with Crippen molar-refractivity contribution in [1.29, 1.82) is 0 Å². The minimum absolute atomic E-state index is 0.334. The molecule has 0 atom stereocenters. The number of aromatic amines is 1. The lowest BCUT2D eigenvalue weighted by Crippen LogP contribution is -2.07. The summed E-state index contributed by atoms with van der Waals surface area (Å²) in [4.78, 5) is 18.7. The topological polar surface area (TPSA) is 55.0 Å². The van der Waals surface area contributed by atoms with Crippen LogP contribution < -0.4 is 0 Å². The number of hydrogen-bond acceptors (Lipinski definition) is 3. The number of pyridine rings is 1. The summed E-state index contributed by atoms with van der Waals surface area (Å²) in [5.74, 6) is -0.389. The molecule has 0 fully saturated rings. The molecule has 16 heavy (non-hydrogen) atoms. The fraction of sp³-hybridized carbons (Fsp3) is 0.167. The van der Waals surface area contributed by atoms with E-state index in [0.717, 1.165) is 11.3 Å². The van der Waals surface area contributed by atoms with E-state index in [1.807, 2.05) is 24.5 Å². The molecule has 0 saturated heterocycles. The molecular formula is C12H12N2O2. The molecule has 1 N–H and O–H groups in total. The van der Waals surface area contributed by atoms with Crippen LogP contribution in [0.25, 0.3) is 11.3 Å². The van der Waals surface area contributed by atoms with Gasteiger partial charge in [-0.2, -0.15) is 0 Å². The van der Waals surface area contributed by atoms with Gasteiger partial charge in [0.1, 0.15) is 5.69 Å². The first-order valence-corrected chi connectivity index (χ1v) is 5.08. The van der Waals surface area contributed by atoms with Crippen LogP contribution in [0.3, 0.4) is 0 Å². The third kappa shape index (κ3) is 2.11.